The van der Waals surface area contributed by atoms with Gasteiger partial charge in [0.15, 0.2) is 0 Å². The smallest absolute Gasteiger partial charge is 0.324 e. The van der Waals surface area contributed by atoms with Gasteiger partial charge in [-0.1, -0.05) is 12.1 Å². The Bertz CT molecular complexity index is 1950. The molecule has 0 radical (unpaired) electrons. The summed E-state index contributed by atoms with van der Waals surface area (Å²) in [5, 5.41) is 82.8. The van der Waals surface area contributed by atoms with Crippen LogP contribution in [0.5, 0.6) is 11.5 Å². The molecule has 2 aromatic heterocycles. The molecule has 22 nitrogen and oxygen atoms in total. The number of aromatic nitrogens is 2. The van der Waals surface area contributed by atoms with Crippen LogP contribution in [0.25, 0.3) is 21.8 Å². The highest BCUT2D eigenvalue weighted by atomic mass is 16.7. The molecular formula is C26H18N8O14. The molecule has 0 bridgehead atoms. The molecule has 5 rings (SSSR count). The number of benzene rings is 3. The zero-order valence-electron chi connectivity index (χ0n) is 24.1. The van der Waals surface area contributed by atoms with Gasteiger partial charge in [0.05, 0.1) is 64.8 Å². The number of hydrogen-bond acceptors (Lipinski definition) is 16. The van der Waals surface area contributed by atoms with Crippen molar-refractivity contribution < 1.29 is 39.8 Å². The molecule has 0 amide bonds. The molecule has 0 saturated heterocycles. The Hall–Kier alpha value is -7.52. The molecule has 5 aromatic rings. The third kappa shape index (κ3) is 7.95. The summed E-state index contributed by atoms with van der Waals surface area (Å²) in [7, 11) is 0. The Morgan fingerprint density at radius 1 is 0.458 bits per heavy atom. The van der Waals surface area contributed by atoms with Crippen molar-refractivity contribution in [3.63, 3.8) is 0 Å². The summed E-state index contributed by atoms with van der Waals surface area (Å²) in [6, 6.07) is 14.3. The van der Waals surface area contributed by atoms with Gasteiger partial charge < -0.3 is 10.2 Å². The Kier molecular flexibility index (Phi) is 10.2. The molecule has 0 aliphatic heterocycles. The van der Waals surface area contributed by atoms with E-state index in [2.05, 4.69) is 34.2 Å². The van der Waals surface area contributed by atoms with Crippen molar-refractivity contribution in [2.24, 2.45) is 0 Å². The largest absolute Gasteiger partial charge is 0.497 e. The lowest BCUT2D eigenvalue weighted by molar-refractivity contribution is -0.404. The van der Waals surface area contributed by atoms with Crippen molar-refractivity contribution in [2.75, 3.05) is 0 Å². The Labute approximate surface area is 264 Å². The van der Waals surface area contributed by atoms with E-state index in [9.17, 15) is 60.7 Å². The highest BCUT2D eigenvalue weighted by molar-refractivity contribution is 5.94. The Morgan fingerprint density at radius 2 is 0.750 bits per heavy atom. The van der Waals surface area contributed by atoms with E-state index >= 15 is 0 Å². The monoisotopic (exact) mass is 666 g/mol. The summed E-state index contributed by atoms with van der Waals surface area (Å²) in [5.74, 6) is -2.42. The molecule has 2 N–H and O–H groups in total. The van der Waals surface area contributed by atoms with Gasteiger partial charge >= 0.3 is 22.7 Å². The van der Waals surface area contributed by atoms with Crippen LogP contribution in [0, 0.1) is 74.5 Å². The Balaban J connectivity index is 0.000000195. The van der Waals surface area contributed by atoms with Crippen LogP contribution >= 0.6 is 0 Å². The predicted molar refractivity (Wildman–Crippen MR) is 163 cm³/mol. The van der Waals surface area contributed by atoms with Gasteiger partial charge in [0.25, 0.3) is 22.9 Å². The topological polar surface area (TPSA) is 325 Å². The average molecular weight is 666 g/mol. The third-order valence-electron chi connectivity index (χ3n) is 6.10. The molecule has 0 fully saturated rings. The van der Waals surface area contributed by atoms with E-state index in [0.717, 1.165) is 22.4 Å². The van der Waals surface area contributed by atoms with Crippen LogP contribution in [0.15, 0.2) is 60.7 Å². The van der Waals surface area contributed by atoms with Crippen molar-refractivity contribution in [3.8, 4) is 11.5 Å². The van der Waals surface area contributed by atoms with Gasteiger partial charge in [0, 0.05) is 22.2 Å². The minimum atomic E-state index is -1.21. The van der Waals surface area contributed by atoms with Crippen molar-refractivity contribution >= 4 is 55.9 Å². The molecule has 2 heterocycles. The van der Waals surface area contributed by atoms with E-state index in [1.54, 1.807) is 0 Å². The third-order valence-corrected chi connectivity index (χ3v) is 6.10. The van der Waals surface area contributed by atoms with Gasteiger partial charge in [-0.15, -0.1) is 0 Å². The summed E-state index contributed by atoms with van der Waals surface area (Å²) in [4.78, 5) is 64.6. The minimum absolute atomic E-state index is 0.447. The SMILES string of the molecule is Cc1ccc2cc3ccc(C)nc3cc2n1.O=[N+]([O-])c1cc([N+](=O)[O-])c(O)c([N+](=O)[O-])c1.O=[N+]([O-])c1cc([N+](=O)[O-])c(O)c([N+](=O)[O-])c1. The molecule has 0 aliphatic carbocycles. The summed E-state index contributed by atoms with van der Waals surface area (Å²) in [5.41, 5.74) is -1.88. The molecule has 0 unspecified atom stereocenters. The molecule has 0 saturated carbocycles. The number of phenols is 2. The van der Waals surface area contributed by atoms with E-state index in [-0.39, 0.29) is 0 Å². The first-order valence-electron chi connectivity index (χ1n) is 12.7. The number of phenolic OH excluding ortho intramolecular Hbond substituents is 2. The lowest BCUT2D eigenvalue weighted by Crippen LogP contribution is -1.97. The van der Waals surface area contributed by atoms with Gasteiger partial charge in [0.2, 0.25) is 0 Å². The second-order valence-electron chi connectivity index (χ2n) is 9.35. The number of aryl methyl sites for hydroxylation is 2. The van der Waals surface area contributed by atoms with Crippen molar-refractivity contribution in [2.45, 2.75) is 13.8 Å². The zero-order chi connectivity index (χ0) is 36.0. The van der Waals surface area contributed by atoms with E-state index in [4.69, 9.17) is 10.2 Å². The van der Waals surface area contributed by atoms with Crippen molar-refractivity contribution in [1.82, 2.24) is 9.97 Å². The fourth-order valence-corrected chi connectivity index (χ4v) is 3.89. The summed E-state index contributed by atoms with van der Waals surface area (Å²) in [6.07, 6.45) is 0. The number of rotatable bonds is 6. The molecule has 48 heavy (non-hydrogen) atoms. The fraction of sp³-hybridized carbons (Fsp3) is 0.0769. The number of aromatic hydroxyl groups is 2. The van der Waals surface area contributed by atoms with Gasteiger partial charge in [0.1, 0.15) is 0 Å². The fourth-order valence-electron chi connectivity index (χ4n) is 3.89. The predicted octanol–water partition coefficient (Wildman–Crippen LogP) is 5.63. The van der Waals surface area contributed by atoms with Gasteiger partial charge in [-0.25, -0.2) is 0 Å². The Morgan fingerprint density at radius 3 is 1.00 bits per heavy atom. The highest BCUT2D eigenvalue weighted by Crippen LogP contribution is 2.40. The summed E-state index contributed by atoms with van der Waals surface area (Å²) in [6.45, 7) is 4.01. The molecule has 0 aliphatic rings. The standard InChI is InChI=1S/C14H12N2.2C6H3N3O7/c1-9-3-5-11-7-12-6-4-10(2)16-14(12)8-13(11)15-9;2*10-6-4(8(13)14)1-3(7(11)12)2-5(6)9(15)16/h3-8H,1-2H3;2*1-2,10H. The van der Waals surface area contributed by atoms with Gasteiger partial charge in [-0.3, -0.25) is 70.7 Å². The first kappa shape index (κ1) is 35.0. The maximum absolute atomic E-state index is 10.4. The van der Waals surface area contributed by atoms with Crippen LogP contribution in [-0.2, 0) is 0 Å². The number of hydrogen-bond donors (Lipinski definition) is 2. The number of nitro benzene ring substituents is 6. The summed E-state index contributed by atoms with van der Waals surface area (Å²) < 4.78 is 0. The number of fused-ring (bicyclic) bond motifs is 2. The number of nitro groups is 6. The van der Waals surface area contributed by atoms with E-state index in [1.165, 1.54) is 10.8 Å². The molecule has 0 spiro atoms. The van der Waals surface area contributed by atoms with E-state index in [1.807, 2.05) is 26.0 Å². The highest BCUT2D eigenvalue weighted by Gasteiger charge is 2.31. The quantitative estimate of drug-likeness (QED) is 0.126. The first-order chi connectivity index (χ1) is 22.4. The van der Waals surface area contributed by atoms with Gasteiger partial charge in [-0.2, -0.15) is 0 Å². The second-order valence-corrected chi connectivity index (χ2v) is 9.35. The van der Waals surface area contributed by atoms with Gasteiger partial charge in [-0.05, 0) is 38.1 Å². The minimum Gasteiger partial charge on any atom is -0.497 e. The normalized spacial score (nSPS) is 10.2. The maximum Gasteiger partial charge on any atom is 0.324 e. The number of non-ortho nitro benzene ring substituents is 2. The maximum atomic E-state index is 10.4. The number of nitrogens with zero attached hydrogens (tertiary/aromatic N) is 8. The van der Waals surface area contributed by atoms with Crippen LogP contribution in [0.4, 0.5) is 34.1 Å². The lowest BCUT2D eigenvalue weighted by atomic mass is 10.1. The molecule has 3 aromatic carbocycles. The average Bonchev–Trinajstić information content (AvgIpc) is 3.00. The van der Waals surface area contributed by atoms with Crippen molar-refractivity contribution in [1.29, 1.82) is 0 Å². The van der Waals surface area contributed by atoms with Crippen LogP contribution < -0.4 is 0 Å². The number of pyridine rings is 2. The van der Waals surface area contributed by atoms with Crippen LogP contribution in [-0.4, -0.2) is 49.7 Å². The summed E-state index contributed by atoms with van der Waals surface area (Å²) >= 11 is 0. The zero-order valence-corrected chi connectivity index (χ0v) is 24.1. The van der Waals surface area contributed by atoms with E-state index in [0.29, 0.717) is 24.3 Å². The lowest BCUT2D eigenvalue weighted by Gasteiger charge is -2.02. The molecule has 0 atom stereocenters. The van der Waals surface area contributed by atoms with E-state index < -0.39 is 75.2 Å². The second kappa shape index (κ2) is 14.1. The first-order valence-corrected chi connectivity index (χ1v) is 12.7. The molecular weight excluding hydrogens is 648 g/mol. The van der Waals surface area contributed by atoms with Crippen LogP contribution in [0.1, 0.15) is 11.4 Å². The van der Waals surface area contributed by atoms with Crippen LogP contribution in [0.3, 0.4) is 0 Å². The molecule has 246 valence electrons. The van der Waals surface area contributed by atoms with Crippen LogP contribution in [0.2, 0.25) is 0 Å². The molecule has 22 heteroatoms. The van der Waals surface area contributed by atoms with Crippen molar-refractivity contribution in [3.05, 3.63) is 133 Å².